The molecule has 3 aromatic rings. The number of rotatable bonds is 5. The van der Waals surface area contributed by atoms with E-state index in [2.05, 4.69) is 0 Å². The first-order valence-electron chi connectivity index (χ1n) is 8.17. The van der Waals surface area contributed by atoms with E-state index in [4.69, 9.17) is 0 Å². The second kappa shape index (κ2) is 7.69. The number of phenolic OH excluding ortho intramolecular Hbond substituents is 2. The normalized spacial score (nSPS) is 11.9. The van der Waals surface area contributed by atoms with Gasteiger partial charge in [0, 0.05) is 6.61 Å². The van der Waals surface area contributed by atoms with Gasteiger partial charge in [-0.05, 0) is 58.5 Å². The number of aliphatic hydroxyl groups is 1. The molecule has 0 saturated heterocycles. The summed E-state index contributed by atoms with van der Waals surface area (Å²) in [5.74, 6) is 0.419. The average Bonchev–Trinajstić information content (AvgIpc) is 2.64. The molecule has 0 saturated carbocycles. The Balaban J connectivity index is 2.26. The van der Waals surface area contributed by atoms with E-state index < -0.39 is 0 Å². The first-order chi connectivity index (χ1) is 12.2. The van der Waals surface area contributed by atoms with Crippen LogP contribution in [0, 0.1) is 0 Å². The van der Waals surface area contributed by atoms with E-state index >= 15 is 0 Å². The van der Waals surface area contributed by atoms with Gasteiger partial charge in [-0.1, -0.05) is 54.6 Å². The number of aromatic hydroxyl groups is 2. The monoisotopic (exact) mass is 332 g/mol. The molecule has 0 aromatic heterocycles. The van der Waals surface area contributed by atoms with Gasteiger partial charge in [-0.15, -0.1) is 0 Å². The van der Waals surface area contributed by atoms with Crippen LogP contribution < -0.4 is 0 Å². The highest BCUT2D eigenvalue weighted by molar-refractivity contribution is 5.98. The highest BCUT2D eigenvalue weighted by atomic mass is 16.3. The Labute approximate surface area is 147 Å². The van der Waals surface area contributed by atoms with Crippen LogP contribution in [0.2, 0.25) is 0 Å². The largest absolute Gasteiger partial charge is 0.508 e. The minimum atomic E-state index is 0.0185. The fourth-order valence-corrected chi connectivity index (χ4v) is 2.94. The quantitative estimate of drug-likeness (QED) is 0.605. The van der Waals surface area contributed by atoms with Crippen LogP contribution in [-0.2, 0) is 0 Å². The van der Waals surface area contributed by atoms with E-state index in [0.717, 1.165) is 27.8 Å². The average molecular weight is 332 g/mol. The molecule has 0 amide bonds. The third-order valence-electron chi connectivity index (χ3n) is 4.10. The van der Waals surface area contributed by atoms with E-state index in [1.165, 1.54) is 0 Å². The molecule has 0 atom stereocenters. The van der Waals surface area contributed by atoms with Gasteiger partial charge in [-0.2, -0.15) is 0 Å². The van der Waals surface area contributed by atoms with Crippen LogP contribution in [0.4, 0.5) is 0 Å². The Hall–Kier alpha value is -3.04. The molecule has 3 aromatic carbocycles. The van der Waals surface area contributed by atoms with Crippen LogP contribution in [0.5, 0.6) is 11.5 Å². The zero-order valence-electron chi connectivity index (χ0n) is 13.8. The number of hydrogen-bond donors (Lipinski definition) is 3. The maximum absolute atomic E-state index is 9.62. The lowest BCUT2D eigenvalue weighted by Crippen LogP contribution is -1.97. The maximum Gasteiger partial charge on any atom is 0.115 e. The summed E-state index contributed by atoms with van der Waals surface area (Å²) in [5.41, 5.74) is 4.92. The molecule has 0 unspecified atom stereocenters. The van der Waals surface area contributed by atoms with Crippen LogP contribution >= 0.6 is 0 Å². The van der Waals surface area contributed by atoms with Crippen LogP contribution in [0.15, 0.2) is 78.9 Å². The Kier molecular flexibility index (Phi) is 5.17. The zero-order chi connectivity index (χ0) is 17.6. The third-order valence-corrected chi connectivity index (χ3v) is 4.10. The summed E-state index contributed by atoms with van der Waals surface area (Å²) < 4.78 is 0. The van der Waals surface area contributed by atoms with E-state index in [9.17, 15) is 15.3 Å². The van der Waals surface area contributed by atoms with Crippen molar-refractivity contribution in [1.29, 1.82) is 0 Å². The highest BCUT2D eigenvalue weighted by Crippen LogP contribution is 2.35. The minimum absolute atomic E-state index is 0.0185. The van der Waals surface area contributed by atoms with Gasteiger partial charge >= 0.3 is 0 Å². The van der Waals surface area contributed by atoms with Crippen molar-refractivity contribution in [2.45, 2.75) is 6.42 Å². The number of hydrogen-bond acceptors (Lipinski definition) is 3. The van der Waals surface area contributed by atoms with Gasteiger partial charge in [0.05, 0.1) is 0 Å². The van der Waals surface area contributed by atoms with Crippen molar-refractivity contribution in [2.75, 3.05) is 6.61 Å². The molecule has 25 heavy (non-hydrogen) atoms. The molecule has 0 radical (unpaired) electrons. The molecule has 0 aliphatic carbocycles. The van der Waals surface area contributed by atoms with Crippen molar-refractivity contribution in [3.63, 3.8) is 0 Å². The molecule has 0 bridgehead atoms. The second-order valence-electron chi connectivity index (χ2n) is 5.79. The van der Waals surface area contributed by atoms with Crippen molar-refractivity contribution < 1.29 is 15.3 Å². The fraction of sp³-hybridized carbons (Fsp3) is 0.0909. The lowest BCUT2D eigenvalue weighted by molar-refractivity contribution is 0.305. The predicted octanol–water partition coefficient (Wildman–Crippen LogP) is 4.44. The summed E-state index contributed by atoms with van der Waals surface area (Å²) in [6.45, 7) is 0.0185. The molecule has 0 fully saturated rings. The van der Waals surface area contributed by atoms with Gasteiger partial charge in [0.1, 0.15) is 11.5 Å². The zero-order valence-corrected chi connectivity index (χ0v) is 13.8. The molecular formula is C22H20O3. The van der Waals surface area contributed by atoms with Gasteiger partial charge in [0.25, 0.3) is 0 Å². The molecule has 3 heteroatoms. The molecule has 3 N–H and O–H groups in total. The topological polar surface area (TPSA) is 60.7 Å². The minimum Gasteiger partial charge on any atom is -0.508 e. The van der Waals surface area contributed by atoms with E-state index in [0.29, 0.717) is 6.42 Å². The summed E-state index contributed by atoms with van der Waals surface area (Å²) in [4.78, 5) is 0. The van der Waals surface area contributed by atoms with Crippen LogP contribution in [0.25, 0.3) is 11.1 Å². The Morgan fingerprint density at radius 3 is 1.60 bits per heavy atom. The summed E-state index contributed by atoms with van der Waals surface area (Å²) >= 11 is 0. The number of phenols is 2. The third kappa shape index (κ3) is 3.90. The highest BCUT2D eigenvalue weighted by Gasteiger charge is 2.14. The smallest absolute Gasteiger partial charge is 0.115 e. The second-order valence-corrected chi connectivity index (χ2v) is 5.79. The van der Waals surface area contributed by atoms with Gasteiger partial charge in [-0.25, -0.2) is 0 Å². The van der Waals surface area contributed by atoms with Crippen molar-refractivity contribution in [1.82, 2.24) is 0 Å². The lowest BCUT2D eigenvalue weighted by atomic mass is 9.88. The SMILES string of the molecule is OCC/C(=C(/c1ccccc1)c1ccc(O)cc1)c1ccc(O)cc1. The molecule has 3 rings (SSSR count). The number of benzene rings is 3. The fourth-order valence-electron chi connectivity index (χ4n) is 2.94. The van der Waals surface area contributed by atoms with E-state index in [1.807, 2.05) is 54.6 Å². The Bertz CT molecular complexity index is 848. The molecule has 3 nitrogen and oxygen atoms in total. The molecule has 0 heterocycles. The van der Waals surface area contributed by atoms with Crippen molar-refractivity contribution in [2.24, 2.45) is 0 Å². The molecule has 0 aliphatic heterocycles. The summed E-state index contributed by atoms with van der Waals surface area (Å²) in [6.07, 6.45) is 0.482. The van der Waals surface area contributed by atoms with Crippen LogP contribution in [0.3, 0.4) is 0 Å². The Morgan fingerprint density at radius 1 is 0.600 bits per heavy atom. The first kappa shape index (κ1) is 16.8. The van der Waals surface area contributed by atoms with Gasteiger partial charge in [0.2, 0.25) is 0 Å². The number of aliphatic hydroxyl groups excluding tert-OH is 1. The molecule has 0 spiro atoms. The van der Waals surface area contributed by atoms with Crippen molar-refractivity contribution in [3.05, 3.63) is 95.6 Å². The predicted molar refractivity (Wildman–Crippen MR) is 100 cm³/mol. The lowest BCUT2D eigenvalue weighted by Gasteiger charge is -2.17. The maximum atomic E-state index is 9.62. The van der Waals surface area contributed by atoms with Crippen LogP contribution in [0.1, 0.15) is 23.1 Å². The van der Waals surface area contributed by atoms with Crippen molar-refractivity contribution >= 4 is 11.1 Å². The van der Waals surface area contributed by atoms with Gasteiger partial charge < -0.3 is 15.3 Å². The Morgan fingerprint density at radius 2 is 1.08 bits per heavy atom. The summed E-state index contributed by atoms with van der Waals surface area (Å²) in [6, 6.07) is 24.0. The first-order valence-corrected chi connectivity index (χ1v) is 8.17. The molecule has 0 aliphatic rings. The molecular weight excluding hydrogens is 312 g/mol. The summed E-state index contributed by atoms with van der Waals surface area (Å²) in [5, 5.41) is 28.8. The van der Waals surface area contributed by atoms with Gasteiger partial charge in [-0.3, -0.25) is 0 Å². The van der Waals surface area contributed by atoms with Crippen molar-refractivity contribution in [3.8, 4) is 11.5 Å². The van der Waals surface area contributed by atoms with E-state index in [-0.39, 0.29) is 18.1 Å². The van der Waals surface area contributed by atoms with Crippen LogP contribution in [-0.4, -0.2) is 21.9 Å². The molecule has 126 valence electrons. The summed E-state index contributed by atoms with van der Waals surface area (Å²) in [7, 11) is 0. The standard InChI is InChI=1S/C22H20O3/c23-15-14-21(16-6-10-19(24)11-7-16)22(17-4-2-1-3-5-17)18-8-12-20(25)13-9-18/h1-13,23-25H,14-15H2/b22-21+. The van der Waals surface area contributed by atoms with E-state index in [1.54, 1.807) is 24.3 Å². The van der Waals surface area contributed by atoms with Gasteiger partial charge in [0.15, 0.2) is 0 Å².